The van der Waals surface area contributed by atoms with Crippen LogP contribution in [0.3, 0.4) is 0 Å². The molecule has 1 aliphatic carbocycles. The predicted octanol–water partition coefficient (Wildman–Crippen LogP) is -0.244. The van der Waals surface area contributed by atoms with E-state index in [1.54, 1.807) is 10.9 Å². The number of aromatic nitrogens is 4. The van der Waals surface area contributed by atoms with Gasteiger partial charge in [0.15, 0.2) is 0 Å². The zero-order valence-electron chi connectivity index (χ0n) is 13.0. The number of nitrogens with one attached hydrogen (secondary N) is 1. The van der Waals surface area contributed by atoms with Crippen LogP contribution < -0.4 is 10.9 Å². The van der Waals surface area contributed by atoms with Crippen molar-refractivity contribution in [2.75, 3.05) is 0 Å². The largest absolute Gasteiger partial charge is 0.393 e. The molecular formula is C15H19N5O3. The van der Waals surface area contributed by atoms with E-state index in [4.69, 9.17) is 0 Å². The van der Waals surface area contributed by atoms with Crippen molar-refractivity contribution in [3.8, 4) is 0 Å². The standard InChI is InChI=1S/C15H19N5O3/c1-19-8-10(7-16-19)14(9-5-11(21)6-9)17-15(23)12-3-4-13(22)20(2)18-12/h3-4,7-9,11,14,21H,5-6H2,1-2H3,(H,17,23)/t9?,11?,14-/m1/s1. The molecule has 2 heterocycles. The highest BCUT2D eigenvalue weighted by atomic mass is 16.3. The van der Waals surface area contributed by atoms with Gasteiger partial charge in [-0.1, -0.05) is 0 Å². The molecule has 8 heteroatoms. The Morgan fingerprint density at radius 3 is 2.70 bits per heavy atom. The summed E-state index contributed by atoms with van der Waals surface area (Å²) in [5.74, 6) is -0.193. The molecule has 122 valence electrons. The number of amides is 1. The number of aliphatic hydroxyl groups excluding tert-OH is 1. The Bertz CT molecular complexity index is 775. The van der Waals surface area contributed by atoms with Crippen molar-refractivity contribution in [3.63, 3.8) is 0 Å². The fourth-order valence-electron chi connectivity index (χ4n) is 2.81. The molecule has 8 nitrogen and oxygen atoms in total. The Morgan fingerprint density at radius 1 is 1.39 bits per heavy atom. The molecule has 1 amide bonds. The van der Waals surface area contributed by atoms with Crippen LogP contribution in [0.1, 0.15) is 34.9 Å². The first kappa shape index (κ1) is 15.4. The summed E-state index contributed by atoms with van der Waals surface area (Å²) in [5, 5.41) is 20.6. The van der Waals surface area contributed by atoms with Crippen LogP contribution in [0.5, 0.6) is 0 Å². The number of aliphatic hydroxyl groups is 1. The second-order valence-electron chi connectivity index (χ2n) is 5.96. The van der Waals surface area contributed by atoms with Gasteiger partial charge in [0, 0.05) is 31.9 Å². The Labute approximate surface area is 132 Å². The molecule has 3 rings (SSSR count). The van der Waals surface area contributed by atoms with Crippen LogP contribution in [0.25, 0.3) is 0 Å². The average molecular weight is 317 g/mol. The van der Waals surface area contributed by atoms with E-state index in [-0.39, 0.29) is 35.2 Å². The maximum Gasteiger partial charge on any atom is 0.272 e. The molecule has 0 saturated heterocycles. The minimum absolute atomic E-state index is 0.158. The molecule has 0 radical (unpaired) electrons. The van der Waals surface area contributed by atoms with Gasteiger partial charge in [0.25, 0.3) is 11.5 Å². The van der Waals surface area contributed by atoms with Crippen LogP contribution >= 0.6 is 0 Å². The highest BCUT2D eigenvalue weighted by Crippen LogP contribution is 2.38. The van der Waals surface area contributed by atoms with Crippen molar-refractivity contribution in [1.82, 2.24) is 24.9 Å². The molecule has 0 aliphatic heterocycles. The molecule has 0 bridgehead atoms. The molecule has 2 N–H and O–H groups in total. The quantitative estimate of drug-likeness (QED) is 0.810. The van der Waals surface area contributed by atoms with Crippen LogP contribution in [0.4, 0.5) is 0 Å². The summed E-state index contributed by atoms with van der Waals surface area (Å²) in [4.78, 5) is 23.8. The summed E-state index contributed by atoms with van der Waals surface area (Å²) < 4.78 is 2.80. The monoisotopic (exact) mass is 317 g/mol. The first-order valence-corrected chi connectivity index (χ1v) is 7.46. The van der Waals surface area contributed by atoms with Crippen LogP contribution in [0, 0.1) is 5.92 Å². The first-order chi connectivity index (χ1) is 10.9. The minimum atomic E-state index is -0.351. The van der Waals surface area contributed by atoms with Gasteiger partial charge in [-0.2, -0.15) is 10.2 Å². The summed E-state index contributed by atoms with van der Waals surface area (Å²) in [5.41, 5.74) is 0.802. The molecule has 23 heavy (non-hydrogen) atoms. The Kier molecular flexibility index (Phi) is 3.99. The Balaban J connectivity index is 1.81. The number of hydrogen-bond donors (Lipinski definition) is 2. The van der Waals surface area contributed by atoms with Crippen LogP contribution in [0.2, 0.25) is 0 Å². The number of aryl methyl sites for hydroxylation is 2. The molecular weight excluding hydrogens is 298 g/mol. The summed E-state index contributed by atoms with van der Waals surface area (Å²) in [6.07, 6.45) is 4.53. The van der Waals surface area contributed by atoms with Gasteiger partial charge in [-0.15, -0.1) is 0 Å². The minimum Gasteiger partial charge on any atom is -0.393 e. The van der Waals surface area contributed by atoms with E-state index in [0.717, 1.165) is 10.2 Å². The molecule has 1 fully saturated rings. The molecule has 0 unspecified atom stereocenters. The Hall–Kier alpha value is -2.48. The highest BCUT2D eigenvalue weighted by molar-refractivity contribution is 5.92. The highest BCUT2D eigenvalue weighted by Gasteiger charge is 2.36. The number of carbonyl (C=O) groups is 1. The van der Waals surface area contributed by atoms with E-state index in [0.29, 0.717) is 12.8 Å². The number of hydrogen-bond acceptors (Lipinski definition) is 5. The average Bonchev–Trinajstić information content (AvgIpc) is 2.91. The van der Waals surface area contributed by atoms with Crippen molar-refractivity contribution in [1.29, 1.82) is 0 Å². The van der Waals surface area contributed by atoms with Gasteiger partial charge in [-0.3, -0.25) is 14.3 Å². The SMILES string of the molecule is Cn1cc([C@H](NC(=O)c2ccc(=O)n(C)n2)C2CC(O)C2)cn1. The predicted molar refractivity (Wildman–Crippen MR) is 81.6 cm³/mol. The fraction of sp³-hybridized carbons (Fsp3) is 0.467. The van der Waals surface area contributed by atoms with Gasteiger partial charge in [0.1, 0.15) is 5.69 Å². The van der Waals surface area contributed by atoms with E-state index in [9.17, 15) is 14.7 Å². The fourth-order valence-corrected chi connectivity index (χ4v) is 2.81. The maximum atomic E-state index is 12.4. The van der Waals surface area contributed by atoms with E-state index >= 15 is 0 Å². The lowest BCUT2D eigenvalue weighted by Crippen LogP contribution is -2.41. The summed E-state index contributed by atoms with van der Waals surface area (Å²) in [6, 6.07) is 2.49. The molecule has 2 aromatic heterocycles. The lowest BCUT2D eigenvalue weighted by Gasteiger charge is -2.37. The second kappa shape index (κ2) is 5.96. The lowest BCUT2D eigenvalue weighted by molar-refractivity contribution is 0.0234. The van der Waals surface area contributed by atoms with Gasteiger partial charge >= 0.3 is 0 Å². The molecule has 0 spiro atoms. The van der Waals surface area contributed by atoms with Crippen molar-refractivity contribution < 1.29 is 9.90 Å². The maximum absolute atomic E-state index is 12.4. The molecule has 1 saturated carbocycles. The third-order valence-corrected chi connectivity index (χ3v) is 4.18. The third-order valence-electron chi connectivity index (χ3n) is 4.18. The summed E-state index contributed by atoms with van der Waals surface area (Å²) >= 11 is 0. The topological polar surface area (TPSA) is 102 Å². The molecule has 1 atom stereocenters. The number of nitrogens with zero attached hydrogens (tertiary/aromatic N) is 4. The van der Waals surface area contributed by atoms with Crippen LogP contribution in [0.15, 0.2) is 29.3 Å². The van der Waals surface area contributed by atoms with Crippen LogP contribution in [-0.2, 0) is 14.1 Å². The van der Waals surface area contributed by atoms with Gasteiger partial charge in [0.05, 0.1) is 18.3 Å². The lowest BCUT2D eigenvalue weighted by atomic mass is 9.75. The van der Waals surface area contributed by atoms with Crippen molar-refractivity contribution in [2.45, 2.75) is 25.0 Å². The van der Waals surface area contributed by atoms with E-state index < -0.39 is 0 Å². The smallest absolute Gasteiger partial charge is 0.272 e. The number of rotatable bonds is 4. The van der Waals surface area contributed by atoms with Gasteiger partial charge in [-0.05, 0) is 24.8 Å². The molecule has 0 aromatic carbocycles. The molecule has 1 aliphatic rings. The summed E-state index contributed by atoms with van der Waals surface area (Å²) in [6.45, 7) is 0. The van der Waals surface area contributed by atoms with Crippen molar-refractivity contribution in [3.05, 3.63) is 46.1 Å². The van der Waals surface area contributed by atoms with E-state index in [1.807, 2.05) is 13.2 Å². The van der Waals surface area contributed by atoms with Gasteiger partial charge < -0.3 is 10.4 Å². The normalized spacial score (nSPS) is 21.5. The first-order valence-electron chi connectivity index (χ1n) is 7.46. The van der Waals surface area contributed by atoms with E-state index in [1.165, 1.54) is 19.2 Å². The van der Waals surface area contributed by atoms with Crippen LogP contribution in [-0.4, -0.2) is 36.7 Å². The number of carbonyl (C=O) groups excluding carboxylic acids is 1. The van der Waals surface area contributed by atoms with Crippen molar-refractivity contribution >= 4 is 5.91 Å². The van der Waals surface area contributed by atoms with Gasteiger partial charge in [-0.25, -0.2) is 4.68 Å². The van der Waals surface area contributed by atoms with E-state index in [2.05, 4.69) is 15.5 Å². The zero-order chi connectivity index (χ0) is 16.6. The Morgan fingerprint density at radius 2 is 2.13 bits per heavy atom. The summed E-state index contributed by atoms with van der Waals surface area (Å²) in [7, 11) is 3.31. The van der Waals surface area contributed by atoms with Gasteiger partial charge in [0.2, 0.25) is 0 Å². The second-order valence-corrected chi connectivity index (χ2v) is 5.96. The zero-order valence-corrected chi connectivity index (χ0v) is 13.0. The van der Waals surface area contributed by atoms with Crippen molar-refractivity contribution in [2.24, 2.45) is 20.0 Å². The molecule has 2 aromatic rings. The third kappa shape index (κ3) is 3.16.